The monoisotopic (exact) mass is 277 g/mol. The van der Waals surface area contributed by atoms with Gasteiger partial charge in [0.2, 0.25) is 0 Å². The second-order valence-electron chi connectivity index (χ2n) is 5.16. The number of thiophene rings is 1. The van der Waals surface area contributed by atoms with Gasteiger partial charge in [-0.15, -0.1) is 0 Å². The first kappa shape index (κ1) is 5.59. The van der Waals surface area contributed by atoms with Gasteiger partial charge < -0.3 is 9.31 Å². The van der Waals surface area contributed by atoms with E-state index in [0.29, 0.717) is 11.3 Å². The SMILES string of the molecule is [2H]c1sc(B2OC(C)(C)C(C)(C)O2)c([2H])c1C([2H])([2H])C([2H])(C([2H])([2H])[2H])C([2H])([2H])[2H]. The Balaban J connectivity index is 2.66. The lowest BCUT2D eigenvalue weighted by Crippen LogP contribution is -2.41. The highest BCUT2D eigenvalue weighted by molar-refractivity contribution is 7.20. The predicted octanol–water partition coefficient (Wildman–Crippen LogP) is 3.25. The Labute approximate surface area is 130 Å². The molecule has 2 rings (SSSR count). The van der Waals surface area contributed by atoms with Crippen LogP contribution in [0.1, 0.15) is 62.0 Å². The predicted molar refractivity (Wildman–Crippen MR) is 78.6 cm³/mol. The summed E-state index contributed by atoms with van der Waals surface area (Å²) in [5.74, 6) is -3.59. The second kappa shape index (κ2) is 4.66. The Morgan fingerprint density at radius 1 is 1.44 bits per heavy atom. The third kappa shape index (κ3) is 2.66. The molecule has 0 aromatic carbocycles. The molecule has 1 aliphatic rings. The van der Waals surface area contributed by atoms with E-state index in [2.05, 4.69) is 0 Å². The molecule has 0 spiro atoms. The van der Waals surface area contributed by atoms with Crippen LogP contribution in [-0.4, -0.2) is 18.3 Å². The zero-order chi connectivity index (χ0) is 23.0. The number of hydrogen-bond acceptors (Lipinski definition) is 3. The van der Waals surface area contributed by atoms with E-state index in [1.807, 2.05) is 0 Å². The lowest BCUT2D eigenvalue weighted by Gasteiger charge is -2.32. The molecule has 0 unspecified atom stereocenters. The Hall–Kier alpha value is -0.315. The largest absolute Gasteiger partial charge is 0.505 e. The highest BCUT2D eigenvalue weighted by Crippen LogP contribution is 2.36. The van der Waals surface area contributed by atoms with Gasteiger partial charge in [-0.2, -0.15) is 11.3 Å². The molecule has 0 amide bonds. The third-order valence-electron chi connectivity index (χ3n) is 3.23. The van der Waals surface area contributed by atoms with Crippen LogP contribution in [0.15, 0.2) is 11.4 Å². The van der Waals surface area contributed by atoms with Crippen molar-refractivity contribution in [3.8, 4) is 0 Å². The van der Waals surface area contributed by atoms with Crippen molar-refractivity contribution in [2.75, 3.05) is 0 Å². The van der Waals surface area contributed by atoms with Gasteiger partial charge in [0.15, 0.2) is 0 Å². The molecule has 0 bridgehead atoms. The van der Waals surface area contributed by atoms with E-state index in [4.69, 9.17) is 24.4 Å². The fourth-order valence-corrected chi connectivity index (χ4v) is 2.18. The van der Waals surface area contributed by atoms with Crippen LogP contribution in [-0.2, 0) is 15.7 Å². The zero-order valence-corrected chi connectivity index (χ0v) is 11.6. The molecule has 2 heterocycles. The summed E-state index contributed by atoms with van der Waals surface area (Å²) in [6.45, 7) is -0.0253. The fraction of sp³-hybridized carbons (Fsp3) is 0.714. The molecule has 0 saturated carbocycles. The third-order valence-corrected chi connectivity index (χ3v) is 4.05. The van der Waals surface area contributed by atoms with E-state index in [9.17, 15) is 0 Å². The minimum atomic E-state index is -3.59. The van der Waals surface area contributed by atoms with Crippen LogP contribution in [0.5, 0.6) is 0 Å². The van der Waals surface area contributed by atoms with Crippen LogP contribution in [0.4, 0.5) is 0 Å². The molecular weight excluding hydrogens is 243 g/mol. The molecule has 100 valence electrons. The molecular formula is C14H23BO2S. The molecule has 1 aromatic heterocycles. The van der Waals surface area contributed by atoms with Crippen LogP contribution in [0, 0.1) is 5.89 Å². The van der Waals surface area contributed by atoms with E-state index in [1.54, 1.807) is 27.7 Å². The number of hydrogen-bond donors (Lipinski definition) is 0. The molecule has 4 heteroatoms. The molecule has 0 radical (unpaired) electrons. The first-order chi connectivity index (χ1) is 12.6. The molecule has 0 N–H and O–H groups in total. The lowest BCUT2D eigenvalue weighted by molar-refractivity contribution is 0.00578. The van der Waals surface area contributed by atoms with Crippen molar-refractivity contribution in [3.63, 3.8) is 0 Å². The first-order valence-electron chi connectivity index (χ1n) is 11.1. The quantitative estimate of drug-likeness (QED) is 0.790. The lowest BCUT2D eigenvalue weighted by atomic mass is 9.87. The molecule has 0 atom stereocenters. The maximum Gasteiger partial charge on any atom is 0.505 e. The fourth-order valence-electron chi connectivity index (χ4n) is 1.52. The average Bonchev–Trinajstić information content (AvgIpc) is 2.88. The molecule has 1 fully saturated rings. The van der Waals surface area contributed by atoms with Gasteiger partial charge >= 0.3 is 7.12 Å². The molecule has 1 aliphatic heterocycles. The highest BCUT2D eigenvalue weighted by Gasteiger charge is 2.52. The first-order valence-corrected chi connectivity index (χ1v) is 6.39. The maximum absolute atomic E-state index is 8.38. The molecule has 0 aliphatic carbocycles. The Bertz CT molecular complexity index is 767. The maximum atomic E-state index is 8.38. The average molecular weight is 277 g/mol. The summed E-state index contributed by atoms with van der Waals surface area (Å²) in [6, 6.07) is -0.589. The molecule has 1 aromatic rings. The highest BCUT2D eigenvalue weighted by atomic mass is 32.1. The van der Waals surface area contributed by atoms with E-state index in [-0.39, 0.29) is 4.78 Å². The Morgan fingerprint density at radius 3 is 2.61 bits per heavy atom. The summed E-state index contributed by atoms with van der Waals surface area (Å²) in [6.07, 6.45) is -3.35. The molecule has 18 heavy (non-hydrogen) atoms. The van der Waals surface area contributed by atoms with Crippen molar-refractivity contribution in [2.45, 2.75) is 59.0 Å². The van der Waals surface area contributed by atoms with Gasteiger partial charge in [-0.25, -0.2) is 0 Å². The van der Waals surface area contributed by atoms with Gasteiger partial charge in [0.25, 0.3) is 0 Å². The van der Waals surface area contributed by atoms with Crippen LogP contribution >= 0.6 is 11.3 Å². The van der Waals surface area contributed by atoms with Crippen molar-refractivity contribution in [1.29, 1.82) is 0 Å². The van der Waals surface area contributed by atoms with Crippen molar-refractivity contribution in [2.24, 2.45) is 5.89 Å². The second-order valence-corrected chi connectivity index (χ2v) is 6.00. The summed E-state index contributed by atoms with van der Waals surface area (Å²) in [5.41, 5.74) is -2.31. The summed E-state index contributed by atoms with van der Waals surface area (Å²) in [5, 5.41) is -0.546. The van der Waals surface area contributed by atoms with Crippen molar-refractivity contribution >= 4 is 23.2 Å². The van der Waals surface area contributed by atoms with Gasteiger partial charge in [0.05, 0.1) is 13.9 Å². The van der Waals surface area contributed by atoms with Crippen molar-refractivity contribution < 1.29 is 24.4 Å². The van der Waals surface area contributed by atoms with E-state index in [0.717, 1.165) is 0 Å². The van der Waals surface area contributed by atoms with Crippen LogP contribution in [0.2, 0.25) is 0 Å². The Morgan fingerprint density at radius 2 is 2.06 bits per heavy atom. The van der Waals surface area contributed by atoms with E-state index >= 15 is 0 Å². The molecule has 2 nitrogen and oxygen atoms in total. The van der Waals surface area contributed by atoms with E-state index < -0.39 is 61.3 Å². The van der Waals surface area contributed by atoms with Crippen molar-refractivity contribution in [3.05, 3.63) is 17.0 Å². The van der Waals surface area contributed by atoms with E-state index in [1.165, 1.54) is 0 Å². The Kier molecular flexibility index (Phi) is 1.45. The van der Waals surface area contributed by atoms with Gasteiger partial charge in [-0.3, -0.25) is 0 Å². The number of rotatable bonds is 3. The topological polar surface area (TPSA) is 18.5 Å². The van der Waals surface area contributed by atoms with Gasteiger partial charge in [0, 0.05) is 17.1 Å². The van der Waals surface area contributed by atoms with Gasteiger partial charge in [0.1, 0.15) is 0 Å². The van der Waals surface area contributed by atoms with Crippen molar-refractivity contribution in [1.82, 2.24) is 0 Å². The minimum absolute atomic E-state index is 0.0194. The van der Waals surface area contributed by atoms with Gasteiger partial charge in [-0.1, -0.05) is 13.7 Å². The summed E-state index contributed by atoms with van der Waals surface area (Å²) >= 11 is 0.642. The van der Waals surface area contributed by atoms with Crippen LogP contribution < -0.4 is 4.78 Å². The standard InChI is InChI=1S/C14H23BO2S/c1-10(2)7-11-8-12(18-9-11)15-16-13(3,4)14(5,6)17-15/h8-10H,7H2,1-6H3/i1D3,2D3,7D2,8D,9D,10D. The smallest absolute Gasteiger partial charge is 0.399 e. The summed E-state index contributed by atoms with van der Waals surface area (Å²) in [7, 11) is -1.10. The van der Waals surface area contributed by atoms with Crippen LogP contribution in [0.25, 0.3) is 0 Å². The summed E-state index contributed by atoms with van der Waals surface area (Å²) < 4.78 is 98.2. The summed E-state index contributed by atoms with van der Waals surface area (Å²) in [4.78, 5) is 0. The normalized spacial score (nSPS) is 33.6. The van der Waals surface area contributed by atoms with Gasteiger partial charge in [-0.05, 0) is 56.9 Å². The van der Waals surface area contributed by atoms with Crippen LogP contribution in [0.3, 0.4) is 0 Å². The molecule has 1 saturated heterocycles. The zero-order valence-electron chi connectivity index (χ0n) is 21.8. The minimum Gasteiger partial charge on any atom is -0.399 e.